The third-order valence-electron chi connectivity index (χ3n) is 2.76. The van der Waals surface area contributed by atoms with Gasteiger partial charge in [0.2, 0.25) is 0 Å². The maximum atomic E-state index is 5.35. The van der Waals surface area contributed by atoms with Crippen molar-refractivity contribution < 1.29 is 9.47 Å². The number of ether oxygens (including phenoxy) is 2. The molecular formula is C11H23NO2. The Morgan fingerprint density at radius 1 is 1.14 bits per heavy atom. The number of hydrogen-bond donors (Lipinski definition) is 1. The zero-order valence-corrected chi connectivity index (χ0v) is 9.26. The molecule has 0 radical (unpaired) electrons. The third-order valence-corrected chi connectivity index (χ3v) is 2.76. The second-order valence-electron chi connectivity index (χ2n) is 3.96. The SMILES string of the molecule is COCCOCCNCC1CCCC1. The van der Waals surface area contributed by atoms with Crippen molar-refractivity contribution in [2.24, 2.45) is 5.92 Å². The van der Waals surface area contributed by atoms with E-state index in [-0.39, 0.29) is 0 Å². The lowest BCUT2D eigenvalue weighted by Gasteiger charge is -2.10. The first-order valence-corrected chi connectivity index (χ1v) is 5.71. The molecule has 3 heteroatoms. The van der Waals surface area contributed by atoms with Gasteiger partial charge in [-0.1, -0.05) is 12.8 Å². The van der Waals surface area contributed by atoms with E-state index in [2.05, 4.69) is 5.32 Å². The van der Waals surface area contributed by atoms with Gasteiger partial charge in [0.25, 0.3) is 0 Å². The summed E-state index contributed by atoms with van der Waals surface area (Å²) >= 11 is 0. The van der Waals surface area contributed by atoms with Crippen LogP contribution in [0.25, 0.3) is 0 Å². The third kappa shape index (κ3) is 5.58. The van der Waals surface area contributed by atoms with Crippen LogP contribution in [-0.4, -0.2) is 40.0 Å². The van der Waals surface area contributed by atoms with Crippen LogP contribution in [0, 0.1) is 5.92 Å². The molecule has 1 N–H and O–H groups in total. The largest absolute Gasteiger partial charge is 0.382 e. The molecule has 1 fully saturated rings. The summed E-state index contributed by atoms with van der Waals surface area (Å²) in [5.41, 5.74) is 0. The van der Waals surface area contributed by atoms with Gasteiger partial charge in [0.15, 0.2) is 0 Å². The number of hydrogen-bond acceptors (Lipinski definition) is 3. The average molecular weight is 201 g/mol. The van der Waals surface area contributed by atoms with Gasteiger partial charge in [0.05, 0.1) is 19.8 Å². The van der Waals surface area contributed by atoms with Crippen LogP contribution in [0.4, 0.5) is 0 Å². The molecule has 0 aromatic carbocycles. The first kappa shape index (κ1) is 12.0. The minimum absolute atomic E-state index is 0.697. The highest BCUT2D eigenvalue weighted by molar-refractivity contribution is 4.69. The maximum Gasteiger partial charge on any atom is 0.0700 e. The van der Waals surface area contributed by atoms with Crippen LogP contribution in [0.15, 0.2) is 0 Å². The molecule has 0 saturated heterocycles. The van der Waals surface area contributed by atoms with Gasteiger partial charge in [0.1, 0.15) is 0 Å². The van der Waals surface area contributed by atoms with Gasteiger partial charge in [-0.05, 0) is 25.3 Å². The number of methoxy groups -OCH3 is 1. The normalized spacial score (nSPS) is 17.8. The summed E-state index contributed by atoms with van der Waals surface area (Å²) in [6, 6.07) is 0. The molecule has 0 unspecified atom stereocenters. The fourth-order valence-electron chi connectivity index (χ4n) is 1.91. The summed E-state index contributed by atoms with van der Waals surface area (Å²) in [4.78, 5) is 0. The molecule has 0 spiro atoms. The van der Waals surface area contributed by atoms with E-state index in [0.717, 1.165) is 19.1 Å². The van der Waals surface area contributed by atoms with Gasteiger partial charge in [-0.15, -0.1) is 0 Å². The van der Waals surface area contributed by atoms with Gasteiger partial charge in [-0.3, -0.25) is 0 Å². The fourth-order valence-corrected chi connectivity index (χ4v) is 1.91. The smallest absolute Gasteiger partial charge is 0.0700 e. The minimum Gasteiger partial charge on any atom is -0.382 e. The van der Waals surface area contributed by atoms with E-state index in [9.17, 15) is 0 Å². The van der Waals surface area contributed by atoms with Gasteiger partial charge >= 0.3 is 0 Å². The Morgan fingerprint density at radius 3 is 2.64 bits per heavy atom. The van der Waals surface area contributed by atoms with E-state index in [1.807, 2.05) is 0 Å². The highest BCUT2D eigenvalue weighted by Gasteiger charge is 2.13. The molecule has 0 amide bonds. The molecule has 0 bridgehead atoms. The van der Waals surface area contributed by atoms with E-state index < -0.39 is 0 Å². The Balaban J connectivity index is 1.75. The van der Waals surface area contributed by atoms with Crippen molar-refractivity contribution in [2.45, 2.75) is 25.7 Å². The lowest BCUT2D eigenvalue weighted by Crippen LogP contribution is -2.25. The van der Waals surface area contributed by atoms with E-state index >= 15 is 0 Å². The Morgan fingerprint density at radius 2 is 1.93 bits per heavy atom. The van der Waals surface area contributed by atoms with Crippen molar-refractivity contribution >= 4 is 0 Å². The molecular weight excluding hydrogens is 178 g/mol. The van der Waals surface area contributed by atoms with E-state index in [1.165, 1.54) is 32.2 Å². The molecule has 1 rings (SSSR count). The van der Waals surface area contributed by atoms with Crippen molar-refractivity contribution in [3.63, 3.8) is 0 Å². The van der Waals surface area contributed by atoms with Crippen molar-refractivity contribution in [2.75, 3.05) is 40.0 Å². The number of nitrogens with one attached hydrogen (secondary N) is 1. The molecule has 0 heterocycles. The summed E-state index contributed by atoms with van der Waals surface area (Å²) in [5, 5.41) is 3.44. The summed E-state index contributed by atoms with van der Waals surface area (Å²) in [5.74, 6) is 0.925. The molecule has 3 nitrogen and oxygen atoms in total. The number of rotatable bonds is 8. The highest BCUT2D eigenvalue weighted by atomic mass is 16.5. The Kier molecular flexibility index (Phi) is 7.01. The van der Waals surface area contributed by atoms with Crippen LogP contribution < -0.4 is 5.32 Å². The Hall–Kier alpha value is -0.120. The molecule has 1 aliphatic carbocycles. The first-order valence-electron chi connectivity index (χ1n) is 5.71. The Labute approximate surface area is 87.2 Å². The van der Waals surface area contributed by atoms with Crippen molar-refractivity contribution in [1.82, 2.24) is 5.32 Å². The molecule has 1 aliphatic rings. The quantitative estimate of drug-likeness (QED) is 0.603. The van der Waals surface area contributed by atoms with Crippen LogP contribution in [0.5, 0.6) is 0 Å². The second kappa shape index (κ2) is 8.21. The monoisotopic (exact) mass is 201 g/mol. The van der Waals surface area contributed by atoms with Crippen molar-refractivity contribution in [3.8, 4) is 0 Å². The zero-order valence-electron chi connectivity index (χ0n) is 9.26. The van der Waals surface area contributed by atoms with Crippen LogP contribution in [0.1, 0.15) is 25.7 Å². The summed E-state index contributed by atoms with van der Waals surface area (Å²) in [7, 11) is 1.70. The first-order chi connectivity index (χ1) is 6.93. The van der Waals surface area contributed by atoms with Gasteiger partial charge in [-0.2, -0.15) is 0 Å². The van der Waals surface area contributed by atoms with Gasteiger partial charge in [-0.25, -0.2) is 0 Å². The lowest BCUT2D eigenvalue weighted by atomic mass is 10.1. The molecule has 1 saturated carbocycles. The van der Waals surface area contributed by atoms with Crippen LogP contribution in [0.2, 0.25) is 0 Å². The van der Waals surface area contributed by atoms with Gasteiger partial charge < -0.3 is 14.8 Å². The lowest BCUT2D eigenvalue weighted by molar-refractivity contribution is 0.0717. The standard InChI is InChI=1S/C11H23NO2/c1-13-8-9-14-7-6-12-10-11-4-2-3-5-11/h11-12H,2-10H2,1H3. The summed E-state index contributed by atoms with van der Waals surface area (Å²) < 4.78 is 10.2. The van der Waals surface area contributed by atoms with E-state index in [1.54, 1.807) is 7.11 Å². The predicted molar refractivity (Wildman–Crippen MR) is 57.5 cm³/mol. The van der Waals surface area contributed by atoms with Crippen LogP contribution in [0.3, 0.4) is 0 Å². The molecule has 0 aromatic rings. The molecule has 84 valence electrons. The van der Waals surface area contributed by atoms with Gasteiger partial charge in [0, 0.05) is 13.7 Å². The van der Waals surface area contributed by atoms with Crippen molar-refractivity contribution in [3.05, 3.63) is 0 Å². The van der Waals surface area contributed by atoms with E-state index in [4.69, 9.17) is 9.47 Å². The summed E-state index contributed by atoms with van der Waals surface area (Å²) in [6.07, 6.45) is 5.68. The topological polar surface area (TPSA) is 30.5 Å². The maximum absolute atomic E-state index is 5.35. The highest BCUT2D eigenvalue weighted by Crippen LogP contribution is 2.23. The van der Waals surface area contributed by atoms with E-state index in [0.29, 0.717) is 13.2 Å². The Bertz CT molecular complexity index is 124. The minimum atomic E-state index is 0.697. The van der Waals surface area contributed by atoms with Crippen molar-refractivity contribution in [1.29, 1.82) is 0 Å². The molecule has 0 atom stereocenters. The summed E-state index contributed by atoms with van der Waals surface area (Å²) in [6.45, 7) is 4.36. The zero-order chi connectivity index (χ0) is 10.1. The van der Waals surface area contributed by atoms with Crippen LogP contribution in [-0.2, 0) is 9.47 Å². The molecule has 0 aromatic heterocycles. The predicted octanol–water partition coefficient (Wildman–Crippen LogP) is 1.43. The second-order valence-corrected chi connectivity index (χ2v) is 3.96. The average Bonchev–Trinajstić information content (AvgIpc) is 2.69. The molecule has 0 aliphatic heterocycles. The fraction of sp³-hybridized carbons (Fsp3) is 1.00. The molecule has 14 heavy (non-hydrogen) atoms. The van der Waals surface area contributed by atoms with Crippen LogP contribution >= 0.6 is 0 Å².